The van der Waals surface area contributed by atoms with Gasteiger partial charge < -0.3 is 10.6 Å². The molecule has 0 bridgehead atoms. The molecule has 4 nitrogen and oxygen atoms in total. The summed E-state index contributed by atoms with van der Waals surface area (Å²) in [4.78, 5) is 17.0. The number of aliphatic imine (C=N–C) groups is 1. The normalized spacial score (nSPS) is 13.9. The Labute approximate surface area is 144 Å². The fourth-order valence-electron chi connectivity index (χ4n) is 2.37. The summed E-state index contributed by atoms with van der Waals surface area (Å²) in [6.45, 7) is 1.66. The second-order valence-corrected chi connectivity index (χ2v) is 5.98. The number of hydrogen-bond acceptors (Lipinski definition) is 3. The molecule has 2 aromatic rings. The van der Waals surface area contributed by atoms with E-state index in [4.69, 9.17) is 23.2 Å². The third-order valence-corrected chi connectivity index (χ3v) is 4.05. The molecule has 2 aromatic carbocycles. The van der Waals surface area contributed by atoms with Gasteiger partial charge in [0.1, 0.15) is 5.84 Å². The zero-order valence-corrected chi connectivity index (χ0v) is 13.8. The molecule has 0 saturated carbocycles. The van der Waals surface area contributed by atoms with Crippen molar-refractivity contribution in [3.8, 4) is 0 Å². The average Bonchev–Trinajstić information content (AvgIpc) is 2.56. The predicted molar refractivity (Wildman–Crippen MR) is 94.9 cm³/mol. The van der Waals surface area contributed by atoms with Crippen LogP contribution in [0.2, 0.25) is 10.0 Å². The number of nitrogens with zero attached hydrogens (tertiary/aromatic N) is 1. The van der Waals surface area contributed by atoms with Crippen molar-refractivity contribution in [1.29, 1.82) is 0 Å². The minimum absolute atomic E-state index is 0.282. The molecule has 0 radical (unpaired) electrons. The summed E-state index contributed by atoms with van der Waals surface area (Å²) in [6, 6.07) is 12.4. The van der Waals surface area contributed by atoms with E-state index in [1.54, 1.807) is 18.2 Å². The molecule has 3 rings (SSSR count). The average molecular weight is 348 g/mol. The number of amides is 1. The molecule has 1 aliphatic rings. The van der Waals surface area contributed by atoms with E-state index < -0.39 is 0 Å². The van der Waals surface area contributed by atoms with Crippen LogP contribution in [0.1, 0.15) is 22.3 Å². The highest BCUT2D eigenvalue weighted by Gasteiger charge is 2.15. The number of carbonyl (C=O) groups excluding carboxylic acids is 1. The lowest BCUT2D eigenvalue weighted by Crippen LogP contribution is -2.31. The smallest absolute Gasteiger partial charge is 0.257 e. The van der Waals surface area contributed by atoms with Crippen molar-refractivity contribution in [1.82, 2.24) is 5.32 Å². The molecule has 1 heterocycles. The number of amidine groups is 1. The summed E-state index contributed by atoms with van der Waals surface area (Å²) < 4.78 is 0. The summed E-state index contributed by atoms with van der Waals surface area (Å²) in [5, 5.41) is 6.97. The Balaban J connectivity index is 1.88. The summed E-state index contributed by atoms with van der Waals surface area (Å²) in [7, 11) is 0. The molecule has 1 aliphatic heterocycles. The second kappa shape index (κ2) is 7.02. The minimum atomic E-state index is -0.282. The monoisotopic (exact) mass is 347 g/mol. The Kier molecular flexibility index (Phi) is 4.84. The van der Waals surface area contributed by atoms with Gasteiger partial charge in [-0.1, -0.05) is 35.3 Å². The molecule has 2 N–H and O–H groups in total. The Morgan fingerprint density at radius 2 is 2.00 bits per heavy atom. The van der Waals surface area contributed by atoms with E-state index in [2.05, 4.69) is 15.6 Å². The lowest BCUT2D eigenvalue weighted by atomic mass is 10.1. The van der Waals surface area contributed by atoms with Gasteiger partial charge in [0.2, 0.25) is 0 Å². The molecular formula is C17H15Cl2N3O. The van der Waals surface area contributed by atoms with Gasteiger partial charge in [-0.15, -0.1) is 0 Å². The number of carbonyl (C=O) groups is 1. The third kappa shape index (κ3) is 3.66. The van der Waals surface area contributed by atoms with Crippen molar-refractivity contribution >= 4 is 40.6 Å². The largest absolute Gasteiger partial charge is 0.370 e. The van der Waals surface area contributed by atoms with Gasteiger partial charge in [0, 0.05) is 23.7 Å². The fraction of sp³-hybridized carbons (Fsp3) is 0.176. The quantitative estimate of drug-likeness (QED) is 0.881. The van der Waals surface area contributed by atoms with Gasteiger partial charge in [0.25, 0.3) is 5.91 Å². The van der Waals surface area contributed by atoms with E-state index in [1.165, 1.54) is 0 Å². The molecular weight excluding hydrogens is 333 g/mol. The first-order chi connectivity index (χ1) is 11.1. The molecule has 0 atom stereocenters. The molecule has 0 saturated heterocycles. The van der Waals surface area contributed by atoms with Crippen LogP contribution in [-0.4, -0.2) is 24.8 Å². The second-order valence-electron chi connectivity index (χ2n) is 5.13. The Hall–Kier alpha value is -2.04. The molecule has 23 heavy (non-hydrogen) atoms. The van der Waals surface area contributed by atoms with Crippen molar-refractivity contribution in [2.45, 2.75) is 6.42 Å². The van der Waals surface area contributed by atoms with Gasteiger partial charge in [-0.2, -0.15) is 0 Å². The van der Waals surface area contributed by atoms with Crippen LogP contribution in [-0.2, 0) is 0 Å². The van der Waals surface area contributed by atoms with Gasteiger partial charge in [0.05, 0.1) is 16.3 Å². The molecule has 0 unspecified atom stereocenters. The molecule has 0 spiro atoms. The highest BCUT2D eigenvalue weighted by Crippen LogP contribution is 2.23. The van der Waals surface area contributed by atoms with Crippen LogP contribution < -0.4 is 10.6 Å². The predicted octanol–water partition coefficient (Wildman–Crippen LogP) is 3.99. The highest BCUT2D eigenvalue weighted by molar-refractivity contribution is 6.37. The van der Waals surface area contributed by atoms with E-state index in [-0.39, 0.29) is 5.91 Å². The van der Waals surface area contributed by atoms with Crippen molar-refractivity contribution in [3.63, 3.8) is 0 Å². The van der Waals surface area contributed by atoms with Gasteiger partial charge in [-0.05, 0) is 36.8 Å². The van der Waals surface area contributed by atoms with Crippen LogP contribution in [0.25, 0.3) is 0 Å². The van der Waals surface area contributed by atoms with Crippen molar-refractivity contribution in [3.05, 3.63) is 63.6 Å². The van der Waals surface area contributed by atoms with Gasteiger partial charge in [0.15, 0.2) is 0 Å². The standard InChI is InChI=1S/C17H15Cl2N3O/c18-11-6-7-12(14(19)10-11)17(23)22-15-5-2-1-4-13(15)16-20-8-3-9-21-16/h1-2,4-7,10H,3,8-9H2,(H,20,21)(H,22,23). The van der Waals surface area contributed by atoms with Crippen molar-refractivity contribution in [2.75, 3.05) is 18.4 Å². The van der Waals surface area contributed by atoms with Crippen LogP contribution in [0.15, 0.2) is 47.5 Å². The minimum Gasteiger partial charge on any atom is -0.370 e. The Morgan fingerprint density at radius 1 is 1.17 bits per heavy atom. The number of halogens is 2. The van der Waals surface area contributed by atoms with E-state index >= 15 is 0 Å². The van der Waals surface area contributed by atoms with Gasteiger partial charge in [-0.3, -0.25) is 9.79 Å². The zero-order valence-electron chi connectivity index (χ0n) is 12.3. The first-order valence-electron chi connectivity index (χ1n) is 7.29. The van der Waals surface area contributed by atoms with E-state index in [1.807, 2.05) is 24.3 Å². The van der Waals surface area contributed by atoms with E-state index in [0.717, 1.165) is 30.9 Å². The summed E-state index contributed by atoms with van der Waals surface area (Å²) in [5.41, 5.74) is 1.94. The maximum Gasteiger partial charge on any atom is 0.257 e. The Morgan fingerprint density at radius 3 is 2.74 bits per heavy atom. The first-order valence-corrected chi connectivity index (χ1v) is 8.05. The fourth-order valence-corrected chi connectivity index (χ4v) is 2.87. The van der Waals surface area contributed by atoms with Crippen molar-refractivity contribution in [2.24, 2.45) is 4.99 Å². The molecule has 0 aromatic heterocycles. The molecule has 0 fully saturated rings. The zero-order chi connectivity index (χ0) is 16.2. The summed E-state index contributed by atoms with van der Waals surface area (Å²) in [6.07, 6.45) is 1.01. The molecule has 6 heteroatoms. The lowest BCUT2D eigenvalue weighted by Gasteiger charge is -2.18. The van der Waals surface area contributed by atoms with Crippen molar-refractivity contribution < 1.29 is 4.79 Å². The Bertz CT molecular complexity index is 774. The van der Waals surface area contributed by atoms with Gasteiger partial charge in [-0.25, -0.2) is 0 Å². The lowest BCUT2D eigenvalue weighted by molar-refractivity contribution is 0.102. The topological polar surface area (TPSA) is 53.5 Å². The number of para-hydroxylation sites is 1. The summed E-state index contributed by atoms with van der Waals surface area (Å²) >= 11 is 12.0. The van der Waals surface area contributed by atoms with E-state index in [9.17, 15) is 4.79 Å². The molecule has 0 aliphatic carbocycles. The number of nitrogens with one attached hydrogen (secondary N) is 2. The van der Waals surface area contributed by atoms with Gasteiger partial charge >= 0.3 is 0 Å². The van der Waals surface area contributed by atoms with Crippen LogP contribution in [0.4, 0.5) is 5.69 Å². The number of anilines is 1. The summed E-state index contributed by atoms with van der Waals surface area (Å²) in [5.74, 6) is 0.518. The number of rotatable bonds is 3. The number of benzene rings is 2. The van der Waals surface area contributed by atoms with Crippen LogP contribution in [0.5, 0.6) is 0 Å². The van der Waals surface area contributed by atoms with Crippen LogP contribution in [0, 0.1) is 0 Å². The van der Waals surface area contributed by atoms with Crippen LogP contribution in [0.3, 0.4) is 0 Å². The third-order valence-electron chi connectivity index (χ3n) is 3.50. The van der Waals surface area contributed by atoms with E-state index in [0.29, 0.717) is 21.3 Å². The maximum atomic E-state index is 12.5. The maximum absolute atomic E-state index is 12.5. The first kappa shape index (κ1) is 15.8. The molecule has 1 amide bonds. The SMILES string of the molecule is O=C(Nc1ccccc1C1=NCCCN1)c1ccc(Cl)cc1Cl. The highest BCUT2D eigenvalue weighted by atomic mass is 35.5. The number of hydrogen-bond donors (Lipinski definition) is 2. The van der Waals surface area contributed by atoms with Crippen LogP contribution >= 0.6 is 23.2 Å². The molecule has 118 valence electrons.